The second kappa shape index (κ2) is 20.6. The van der Waals surface area contributed by atoms with Crippen molar-refractivity contribution in [2.45, 2.75) is 115 Å². The zero-order chi connectivity index (χ0) is 45.3. The third-order valence-electron chi connectivity index (χ3n) is 11.9. The third kappa shape index (κ3) is 12.6. The number of hydrogen-bond acceptors (Lipinski definition) is 9. The van der Waals surface area contributed by atoms with Crippen LogP contribution in [0.15, 0.2) is 54.6 Å². The molecule has 5 N–H and O–H groups in total. The minimum Gasteiger partial charge on any atom is -0.479 e. The molecule has 0 saturated heterocycles. The Labute approximate surface area is 372 Å². The number of aliphatic carboxylic acids is 1. The summed E-state index contributed by atoms with van der Waals surface area (Å²) >= 11 is 12.4. The molecule has 1 heterocycles. The molecule has 2 aromatic carbocycles. The Morgan fingerprint density at radius 3 is 2.02 bits per heavy atom. The van der Waals surface area contributed by atoms with Crippen molar-refractivity contribution in [1.82, 2.24) is 20.9 Å². The van der Waals surface area contributed by atoms with Gasteiger partial charge in [0.05, 0.1) is 45.4 Å². The molecule has 2 fully saturated rings. The first-order valence-electron chi connectivity index (χ1n) is 21.0. The molecule has 62 heavy (non-hydrogen) atoms. The molecule has 0 bridgehead atoms. The number of ether oxygens (including phenoxy) is 2. The maximum absolute atomic E-state index is 13.9. The summed E-state index contributed by atoms with van der Waals surface area (Å²) in [5, 5.41) is 22.1. The van der Waals surface area contributed by atoms with Crippen LogP contribution < -0.4 is 21.3 Å². The van der Waals surface area contributed by atoms with Crippen LogP contribution in [-0.4, -0.2) is 101 Å². The van der Waals surface area contributed by atoms with Crippen LogP contribution in [-0.2, 0) is 38.2 Å². The zero-order valence-corrected chi connectivity index (χ0v) is 37.2. The van der Waals surface area contributed by atoms with Crippen LogP contribution in [0.1, 0.15) is 114 Å². The van der Waals surface area contributed by atoms with Crippen LogP contribution in [0.4, 0.5) is 5.69 Å². The summed E-state index contributed by atoms with van der Waals surface area (Å²) < 4.78 is 12.1. The number of nitrogens with one attached hydrogen (secondary N) is 4. The molecule has 2 saturated carbocycles. The van der Waals surface area contributed by atoms with Crippen molar-refractivity contribution in [1.29, 1.82) is 0 Å². The van der Waals surface area contributed by atoms with E-state index >= 15 is 0 Å². The van der Waals surface area contributed by atoms with E-state index in [2.05, 4.69) is 21.3 Å². The number of carboxylic acid groups (broad SMARTS) is 1. The Balaban J connectivity index is 1.01. The van der Waals surface area contributed by atoms with Gasteiger partial charge in [0.15, 0.2) is 0 Å². The van der Waals surface area contributed by atoms with Gasteiger partial charge in [0.25, 0.3) is 17.7 Å². The minimum atomic E-state index is -1.46. The van der Waals surface area contributed by atoms with E-state index in [0.29, 0.717) is 50.0 Å². The van der Waals surface area contributed by atoms with E-state index in [1.165, 1.54) is 12.2 Å². The van der Waals surface area contributed by atoms with E-state index in [1.54, 1.807) is 42.5 Å². The van der Waals surface area contributed by atoms with Gasteiger partial charge >= 0.3 is 5.97 Å². The molecule has 0 radical (unpaired) electrons. The molecule has 2 atom stereocenters. The number of benzene rings is 2. The van der Waals surface area contributed by atoms with Gasteiger partial charge in [0.1, 0.15) is 5.54 Å². The topological polar surface area (TPSA) is 210 Å². The molecular weight excluding hydrogens is 841 g/mol. The number of carboxylic acids is 1. The van der Waals surface area contributed by atoms with E-state index < -0.39 is 51.8 Å². The first-order valence-corrected chi connectivity index (χ1v) is 21.8. The van der Waals surface area contributed by atoms with E-state index in [9.17, 15) is 38.7 Å². The van der Waals surface area contributed by atoms with Crippen molar-refractivity contribution >= 4 is 70.3 Å². The normalized spacial score (nSPS) is 19.3. The predicted molar refractivity (Wildman–Crippen MR) is 233 cm³/mol. The average Bonchev–Trinajstić information content (AvgIpc) is 3.56. The largest absolute Gasteiger partial charge is 0.479 e. The van der Waals surface area contributed by atoms with Crippen molar-refractivity contribution in [2.75, 3.05) is 38.2 Å². The highest BCUT2D eigenvalue weighted by Crippen LogP contribution is 2.53. The van der Waals surface area contributed by atoms with Crippen molar-refractivity contribution in [3.63, 3.8) is 0 Å². The van der Waals surface area contributed by atoms with Crippen LogP contribution in [0.2, 0.25) is 10.0 Å². The van der Waals surface area contributed by atoms with Crippen LogP contribution in [0.5, 0.6) is 0 Å². The Hall–Kier alpha value is -4.83. The lowest BCUT2D eigenvalue weighted by Gasteiger charge is -2.30. The molecule has 3 aliphatic rings. The molecular formula is C45H57Cl2N5O10. The fourth-order valence-electron chi connectivity index (χ4n) is 7.91. The fraction of sp³-hybridized carbons (Fsp3) is 0.533. The number of hydrogen-bond donors (Lipinski definition) is 5. The number of nitrogens with zero attached hydrogens (tertiary/aromatic N) is 1. The highest BCUT2D eigenvalue weighted by Gasteiger charge is 2.63. The smallest absolute Gasteiger partial charge is 0.330 e. The molecule has 0 spiro atoms. The van der Waals surface area contributed by atoms with Gasteiger partial charge in [-0.25, -0.2) is 4.79 Å². The third-order valence-corrected chi connectivity index (χ3v) is 12.6. The first kappa shape index (κ1) is 48.2. The van der Waals surface area contributed by atoms with E-state index in [0.717, 1.165) is 17.7 Å². The molecule has 336 valence electrons. The van der Waals surface area contributed by atoms with Crippen LogP contribution in [0, 0.1) is 5.41 Å². The number of carbonyl (C=O) groups is 7. The Kier molecular flexibility index (Phi) is 16.0. The highest BCUT2D eigenvalue weighted by molar-refractivity contribution is 6.40. The average molecular weight is 899 g/mol. The van der Waals surface area contributed by atoms with Gasteiger partial charge in [-0.2, -0.15) is 0 Å². The van der Waals surface area contributed by atoms with Gasteiger partial charge in [-0.1, -0.05) is 54.2 Å². The molecule has 17 heteroatoms. The molecule has 0 aromatic heterocycles. The monoisotopic (exact) mass is 897 g/mol. The van der Waals surface area contributed by atoms with Gasteiger partial charge in [0, 0.05) is 56.2 Å². The summed E-state index contributed by atoms with van der Waals surface area (Å²) in [6.45, 7) is 8.85. The number of imide groups is 1. The van der Waals surface area contributed by atoms with Crippen molar-refractivity contribution in [3.05, 3.63) is 75.8 Å². The van der Waals surface area contributed by atoms with Crippen molar-refractivity contribution in [3.8, 4) is 0 Å². The van der Waals surface area contributed by atoms with Gasteiger partial charge in [-0.3, -0.25) is 33.7 Å². The number of rotatable bonds is 23. The van der Waals surface area contributed by atoms with Gasteiger partial charge in [0.2, 0.25) is 17.7 Å². The van der Waals surface area contributed by atoms with Crippen LogP contribution in [0.3, 0.4) is 0 Å². The van der Waals surface area contributed by atoms with Crippen LogP contribution >= 0.6 is 23.2 Å². The molecule has 1 aliphatic heterocycles. The molecule has 15 nitrogen and oxygen atoms in total. The molecule has 2 aliphatic carbocycles. The molecule has 6 amide bonds. The first-order chi connectivity index (χ1) is 29.3. The Morgan fingerprint density at radius 2 is 1.39 bits per heavy atom. The number of halogens is 2. The summed E-state index contributed by atoms with van der Waals surface area (Å²) in [5.74, 6) is -3.69. The minimum absolute atomic E-state index is 0.00520. The quantitative estimate of drug-likeness (QED) is 0.0656. The summed E-state index contributed by atoms with van der Waals surface area (Å²) in [6.07, 6.45) is 7.03. The maximum Gasteiger partial charge on any atom is 0.330 e. The van der Waals surface area contributed by atoms with Crippen molar-refractivity contribution < 1.29 is 48.1 Å². The zero-order valence-electron chi connectivity index (χ0n) is 35.7. The molecule has 1 unspecified atom stereocenters. The van der Waals surface area contributed by atoms with Gasteiger partial charge < -0.3 is 35.8 Å². The second-order valence-electron chi connectivity index (χ2n) is 17.5. The van der Waals surface area contributed by atoms with Gasteiger partial charge in [-0.05, 0) is 96.0 Å². The summed E-state index contributed by atoms with van der Waals surface area (Å²) in [5.41, 5.74) is -2.09. The summed E-state index contributed by atoms with van der Waals surface area (Å²) in [7, 11) is 0. The fourth-order valence-corrected chi connectivity index (χ4v) is 8.48. The number of carbonyl (C=O) groups excluding carboxylic acids is 6. The number of amides is 6. The van der Waals surface area contributed by atoms with E-state index in [-0.39, 0.29) is 78.8 Å². The lowest BCUT2D eigenvalue weighted by molar-refractivity contribution is -0.145. The predicted octanol–water partition coefficient (Wildman–Crippen LogP) is 5.93. The highest BCUT2D eigenvalue weighted by atomic mass is 35.5. The Morgan fingerprint density at radius 1 is 0.806 bits per heavy atom. The molecule has 2 aromatic rings. The van der Waals surface area contributed by atoms with Crippen LogP contribution in [0.25, 0.3) is 0 Å². The number of anilines is 1. The summed E-state index contributed by atoms with van der Waals surface area (Å²) in [4.78, 5) is 88.8. The second-order valence-corrected chi connectivity index (χ2v) is 18.3. The van der Waals surface area contributed by atoms with E-state index in [1.807, 2.05) is 27.7 Å². The molecule has 5 rings (SSSR count). The van der Waals surface area contributed by atoms with Gasteiger partial charge in [-0.15, -0.1) is 0 Å². The lowest BCUT2D eigenvalue weighted by Crippen LogP contribution is -2.51. The van der Waals surface area contributed by atoms with Crippen molar-refractivity contribution in [2.24, 2.45) is 5.41 Å². The standard InChI is InChI=1S/C45H57Cl2N5O10/c1-42(2,61-26-22-43(3,4)62-27-24-49-35(54)17-25-52-36(55)14-15-37(52)56)20-16-34(53)48-23-21-44(18-5-6-19-44)40(58)51-45(41(59)60)28-31(45)29-10-12-30(13-11-29)50-39(57)38-32(46)8-7-9-33(38)47/h7-15,31H,5-6,16-28H2,1-4H3,(H,48,53)(H,49,54)(H,50,57)(H,51,58)(H,59,60)/t31-,45?/m1/s1. The Bertz CT molecular complexity index is 2010. The summed E-state index contributed by atoms with van der Waals surface area (Å²) in [6, 6.07) is 11.6. The maximum atomic E-state index is 13.9. The SMILES string of the molecule is CC(C)(CCOC(C)(C)CCC(=O)NCCC1(C(=O)NC2(C(=O)O)C[C@@H]2c2ccc(NC(=O)c3c(Cl)cccc3Cl)cc2)CCCC1)OCCNC(=O)CCN1C(=O)C=CC1=O. The van der Waals surface area contributed by atoms with E-state index in [4.69, 9.17) is 32.7 Å². The lowest BCUT2D eigenvalue weighted by atomic mass is 9.81.